The number of fused-ring (bicyclic) bond motifs is 2. The summed E-state index contributed by atoms with van der Waals surface area (Å²) < 4.78 is 0. The Bertz CT molecular complexity index is 621. The fourth-order valence-electron chi connectivity index (χ4n) is 2.66. The maximum atomic E-state index is 4.69. The summed E-state index contributed by atoms with van der Waals surface area (Å²) in [5.41, 5.74) is 2.94. The van der Waals surface area contributed by atoms with Crippen LogP contribution in [0.5, 0.6) is 0 Å². The highest BCUT2D eigenvalue weighted by molar-refractivity contribution is 8.14. The van der Waals surface area contributed by atoms with E-state index in [-0.39, 0.29) is 0 Å². The molecule has 0 saturated carbocycles. The molecule has 1 aromatic carbocycles. The van der Waals surface area contributed by atoms with Crippen LogP contribution in [0.25, 0.3) is 0 Å². The molecule has 0 radical (unpaired) electrons. The lowest BCUT2D eigenvalue weighted by molar-refractivity contribution is 0.320. The fraction of sp³-hybridized carbons (Fsp3) is 0.286. The third-order valence-electron chi connectivity index (χ3n) is 3.62. The molecule has 0 spiro atoms. The standard InChI is InChI=1S/C14H13N3S2/c1-2-4-11-8-17-12(7-10(11)3-1)9-19-14(17)16-13-15-5-6-18-13/h1-6,12H,7-9H2/b16-14-/t12-/m0/s1. The molecule has 5 heteroatoms. The van der Waals surface area contributed by atoms with Crippen molar-refractivity contribution in [2.24, 2.45) is 4.99 Å². The average molecular weight is 287 g/mol. The van der Waals surface area contributed by atoms with Crippen molar-refractivity contribution < 1.29 is 0 Å². The molecule has 1 atom stereocenters. The quantitative estimate of drug-likeness (QED) is 0.805. The number of thioether (sulfide) groups is 1. The third-order valence-corrected chi connectivity index (χ3v) is 5.42. The lowest BCUT2D eigenvalue weighted by atomic mass is 9.95. The molecule has 2 aromatic rings. The van der Waals surface area contributed by atoms with Crippen molar-refractivity contribution in [3.8, 4) is 0 Å². The first-order valence-corrected chi connectivity index (χ1v) is 8.21. The first-order chi connectivity index (χ1) is 9.40. The number of benzene rings is 1. The first kappa shape index (κ1) is 11.5. The zero-order valence-corrected chi connectivity index (χ0v) is 12.0. The van der Waals surface area contributed by atoms with E-state index in [1.165, 1.54) is 11.1 Å². The molecule has 2 aliphatic rings. The second kappa shape index (κ2) is 4.65. The van der Waals surface area contributed by atoms with Gasteiger partial charge in [0.1, 0.15) is 0 Å². The van der Waals surface area contributed by atoms with Gasteiger partial charge in [0.2, 0.25) is 5.13 Å². The van der Waals surface area contributed by atoms with E-state index in [1.807, 2.05) is 23.3 Å². The van der Waals surface area contributed by atoms with Crippen molar-refractivity contribution in [2.75, 3.05) is 5.75 Å². The fourth-order valence-corrected chi connectivity index (χ4v) is 4.40. The molecule has 3 nitrogen and oxygen atoms in total. The smallest absolute Gasteiger partial charge is 0.211 e. The average Bonchev–Trinajstić information content (AvgIpc) is 3.08. The van der Waals surface area contributed by atoms with Crippen LogP contribution in [0.3, 0.4) is 0 Å². The van der Waals surface area contributed by atoms with E-state index in [4.69, 9.17) is 0 Å². The number of hydrogen-bond donors (Lipinski definition) is 0. The Balaban J connectivity index is 1.66. The van der Waals surface area contributed by atoms with Crippen LogP contribution in [0.15, 0.2) is 40.8 Å². The molecule has 0 unspecified atom stereocenters. The van der Waals surface area contributed by atoms with Crippen LogP contribution >= 0.6 is 23.1 Å². The van der Waals surface area contributed by atoms with Crippen molar-refractivity contribution in [3.63, 3.8) is 0 Å². The zero-order valence-electron chi connectivity index (χ0n) is 10.3. The monoisotopic (exact) mass is 287 g/mol. The predicted molar refractivity (Wildman–Crippen MR) is 81.1 cm³/mol. The van der Waals surface area contributed by atoms with Gasteiger partial charge in [-0.25, -0.2) is 4.98 Å². The molecular weight excluding hydrogens is 274 g/mol. The van der Waals surface area contributed by atoms with Gasteiger partial charge in [0, 0.05) is 29.9 Å². The van der Waals surface area contributed by atoms with E-state index in [2.05, 4.69) is 39.1 Å². The molecular formula is C14H13N3S2. The summed E-state index contributed by atoms with van der Waals surface area (Å²) in [4.78, 5) is 11.4. The maximum absolute atomic E-state index is 4.69. The summed E-state index contributed by atoms with van der Waals surface area (Å²) in [5, 5.41) is 3.97. The van der Waals surface area contributed by atoms with Gasteiger partial charge in [0.05, 0.1) is 0 Å². The molecule has 0 amide bonds. The van der Waals surface area contributed by atoms with Crippen LogP contribution in [-0.4, -0.2) is 26.8 Å². The Morgan fingerprint density at radius 3 is 3.00 bits per heavy atom. The van der Waals surface area contributed by atoms with Crippen LogP contribution < -0.4 is 0 Å². The number of aromatic nitrogens is 1. The Labute approximate surface area is 120 Å². The number of rotatable bonds is 1. The minimum Gasteiger partial charge on any atom is -0.343 e. The predicted octanol–water partition coefficient (Wildman–Crippen LogP) is 3.30. The zero-order chi connectivity index (χ0) is 12.7. The second-order valence-electron chi connectivity index (χ2n) is 4.77. The van der Waals surface area contributed by atoms with Gasteiger partial charge in [-0.05, 0) is 17.5 Å². The molecule has 3 heterocycles. The number of nitrogens with zero attached hydrogens (tertiary/aromatic N) is 3. The van der Waals surface area contributed by atoms with Gasteiger partial charge in [-0.3, -0.25) is 0 Å². The topological polar surface area (TPSA) is 28.5 Å². The molecule has 1 saturated heterocycles. The van der Waals surface area contributed by atoms with Crippen LogP contribution in [0.4, 0.5) is 5.13 Å². The maximum Gasteiger partial charge on any atom is 0.211 e. The van der Waals surface area contributed by atoms with E-state index in [1.54, 1.807) is 11.3 Å². The third kappa shape index (κ3) is 2.07. The number of aliphatic imine (C=N–C) groups is 1. The van der Waals surface area contributed by atoms with E-state index < -0.39 is 0 Å². The highest BCUT2D eigenvalue weighted by atomic mass is 32.2. The van der Waals surface area contributed by atoms with Crippen LogP contribution in [0, 0.1) is 0 Å². The molecule has 1 aromatic heterocycles. The Hall–Kier alpha value is -1.33. The highest BCUT2D eigenvalue weighted by Gasteiger charge is 2.34. The summed E-state index contributed by atoms with van der Waals surface area (Å²) in [6.45, 7) is 0.984. The number of thiazole rings is 1. The Morgan fingerprint density at radius 1 is 1.26 bits per heavy atom. The van der Waals surface area contributed by atoms with Gasteiger partial charge in [-0.1, -0.05) is 36.0 Å². The molecule has 0 aliphatic carbocycles. The van der Waals surface area contributed by atoms with E-state index in [0.717, 1.165) is 29.0 Å². The first-order valence-electron chi connectivity index (χ1n) is 6.34. The van der Waals surface area contributed by atoms with Gasteiger partial charge >= 0.3 is 0 Å². The normalized spacial score (nSPS) is 23.5. The largest absolute Gasteiger partial charge is 0.343 e. The minimum atomic E-state index is 0.596. The Morgan fingerprint density at radius 2 is 2.16 bits per heavy atom. The molecule has 0 bridgehead atoms. The highest BCUT2D eigenvalue weighted by Crippen LogP contribution is 2.34. The van der Waals surface area contributed by atoms with Crippen molar-refractivity contribution in [1.82, 2.24) is 9.88 Å². The summed E-state index contributed by atoms with van der Waals surface area (Å²) in [6, 6.07) is 9.35. The SMILES string of the molecule is c1ccc2c(c1)C[C@H]1CS/C(=N\c3nccs3)N1C2. The molecule has 2 aliphatic heterocycles. The molecule has 96 valence electrons. The molecule has 4 rings (SSSR count). The van der Waals surface area contributed by atoms with Crippen molar-refractivity contribution >= 4 is 33.4 Å². The summed E-state index contributed by atoms with van der Waals surface area (Å²) in [6.07, 6.45) is 2.95. The number of amidine groups is 1. The summed E-state index contributed by atoms with van der Waals surface area (Å²) in [5.74, 6) is 1.14. The van der Waals surface area contributed by atoms with E-state index >= 15 is 0 Å². The molecule has 19 heavy (non-hydrogen) atoms. The second-order valence-corrected chi connectivity index (χ2v) is 6.63. The van der Waals surface area contributed by atoms with Crippen molar-refractivity contribution in [1.29, 1.82) is 0 Å². The number of hydrogen-bond acceptors (Lipinski definition) is 4. The van der Waals surface area contributed by atoms with E-state index in [9.17, 15) is 0 Å². The Kier molecular flexibility index (Phi) is 2.81. The minimum absolute atomic E-state index is 0.596. The van der Waals surface area contributed by atoms with Crippen LogP contribution in [0.1, 0.15) is 11.1 Å². The lowest BCUT2D eigenvalue weighted by Crippen LogP contribution is -2.38. The molecule has 1 fully saturated rings. The van der Waals surface area contributed by atoms with Crippen molar-refractivity contribution in [2.45, 2.75) is 19.0 Å². The van der Waals surface area contributed by atoms with Gasteiger partial charge in [0.25, 0.3) is 0 Å². The van der Waals surface area contributed by atoms with Crippen LogP contribution in [0.2, 0.25) is 0 Å². The van der Waals surface area contributed by atoms with Gasteiger partial charge in [-0.2, -0.15) is 4.99 Å². The van der Waals surface area contributed by atoms with Crippen LogP contribution in [-0.2, 0) is 13.0 Å². The summed E-state index contributed by atoms with van der Waals surface area (Å²) >= 11 is 3.46. The lowest BCUT2D eigenvalue weighted by Gasteiger charge is -2.32. The van der Waals surface area contributed by atoms with Gasteiger partial charge in [-0.15, -0.1) is 11.3 Å². The van der Waals surface area contributed by atoms with Gasteiger partial charge in [0.15, 0.2) is 5.17 Å². The molecule has 0 N–H and O–H groups in total. The van der Waals surface area contributed by atoms with E-state index in [0.29, 0.717) is 6.04 Å². The van der Waals surface area contributed by atoms with Crippen molar-refractivity contribution in [3.05, 3.63) is 47.0 Å². The van der Waals surface area contributed by atoms with Gasteiger partial charge < -0.3 is 4.90 Å². The summed E-state index contributed by atoms with van der Waals surface area (Å²) in [7, 11) is 0.